The van der Waals surface area contributed by atoms with E-state index in [2.05, 4.69) is 18.9 Å². The average Bonchev–Trinajstić information content (AvgIpc) is 2.18. The molecule has 1 rings (SSSR count). The van der Waals surface area contributed by atoms with Crippen molar-refractivity contribution in [2.75, 3.05) is 20.2 Å². The van der Waals surface area contributed by atoms with Crippen molar-refractivity contribution in [2.45, 2.75) is 45.1 Å². The van der Waals surface area contributed by atoms with Gasteiger partial charge in [0.25, 0.3) is 0 Å². The monoisotopic (exact) mass is 185 g/mol. The Morgan fingerprint density at radius 2 is 1.85 bits per heavy atom. The molecule has 0 aromatic rings. The molecule has 0 saturated heterocycles. The molecule has 0 heterocycles. The van der Waals surface area contributed by atoms with Gasteiger partial charge in [0.1, 0.15) is 0 Å². The summed E-state index contributed by atoms with van der Waals surface area (Å²) in [4.78, 5) is 2.48. The highest BCUT2D eigenvalue weighted by Gasteiger charge is 2.22. The lowest BCUT2D eigenvalue weighted by atomic mass is 9.86. The van der Waals surface area contributed by atoms with Gasteiger partial charge in [0, 0.05) is 12.6 Å². The number of nitrogens with zero attached hydrogens (tertiary/aromatic N) is 1. The van der Waals surface area contributed by atoms with E-state index in [0.29, 0.717) is 12.5 Å². The first-order chi connectivity index (χ1) is 6.27. The van der Waals surface area contributed by atoms with Crippen LogP contribution >= 0.6 is 0 Å². The van der Waals surface area contributed by atoms with Crippen molar-refractivity contribution in [3.63, 3.8) is 0 Å². The Bertz CT molecular complexity index is 130. The molecule has 13 heavy (non-hydrogen) atoms. The third-order valence-electron chi connectivity index (χ3n) is 3.27. The summed E-state index contributed by atoms with van der Waals surface area (Å²) in [5.41, 5.74) is 0. The molecule has 1 saturated carbocycles. The first-order valence-corrected chi connectivity index (χ1v) is 5.59. The van der Waals surface area contributed by atoms with Gasteiger partial charge in [0.15, 0.2) is 0 Å². The van der Waals surface area contributed by atoms with Gasteiger partial charge in [-0.3, -0.25) is 0 Å². The lowest BCUT2D eigenvalue weighted by Gasteiger charge is -2.33. The van der Waals surface area contributed by atoms with Crippen LogP contribution in [0.2, 0.25) is 0 Å². The highest BCUT2D eigenvalue weighted by atomic mass is 16.3. The van der Waals surface area contributed by atoms with Crippen molar-refractivity contribution in [3.05, 3.63) is 0 Å². The Balaban J connectivity index is 2.23. The van der Waals surface area contributed by atoms with Gasteiger partial charge in [-0.15, -0.1) is 0 Å². The fraction of sp³-hybridized carbons (Fsp3) is 1.00. The van der Waals surface area contributed by atoms with Gasteiger partial charge in [0.05, 0.1) is 0 Å². The summed E-state index contributed by atoms with van der Waals surface area (Å²) < 4.78 is 0. The fourth-order valence-corrected chi connectivity index (χ4v) is 2.30. The minimum Gasteiger partial charge on any atom is -0.396 e. The van der Waals surface area contributed by atoms with E-state index in [0.717, 1.165) is 6.04 Å². The minimum absolute atomic E-state index is 0.393. The lowest BCUT2D eigenvalue weighted by Crippen LogP contribution is -2.36. The van der Waals surface area contributed by atoms with Crippen molar-refractivity contribution in [1.29, 1.82) is 0 Å². The van der Waals surface area contributed by atoms with E-state index in [1.165, 1.54) is 38.6 Å². The van der Waals surface area contributed by atoms with Gasteiger partial charge in [-0.25, -0.2) is 0 Å². The van der Waals surface area contributed by atoms with E-state index in [9.17, 15) is 0 Å². The summed E-state index contributed by atoms with van der Waals surface area (Å²) in [5.74, 6) is 0.589. The Kier molecular flexibility index (Phi) is 4.74. The second-order valence-corrected chi connectivity index (χ2v) is 4.34. The standard InChI is InChI=1S/C11H23NO/c1-3-8-12(2)11-6-4-10(9-13)5-7-11/h10-11,13H,3-9H2,1-2H3. The van der Waals surface area contributed by atoms with Gasteiger partial charge in [-0.2, -0.15) is 0 Å². The number of hydrogen-bond donors (Lipinski definition) is 1. The molecule has 0 unspecified atom stereocenters. The molecular weight excluding hydrogens is 162 g/mol. The minimum atomic E-state index is 0.393. The predicted octanol–water partition coefficient (Wildman–Crippen LogP) is 1.88. The van der Waals surface area contributed by atoms with Crippen LogP contribution in [0, 0.1) is 5.92 Å². The maximum atomic E-state index is 9.01. The summed E-state index contributed by atoms with van der Waals surface area (Å²) in [5, 5.41) is 9.01. The smallest absolute Gasteiger partial charge is 0.0459 e. The molecular formula is C11H23NO. The van der Waals surface area contributed by atoms with Crippen LogP contribution in [-0.2, 0) is 0 Å². The average molecular weight is 185 g/mol. The van der Waals surface area contributed by atoms with Crippen LogP contribution in [0.15, 0.2) is 0 Å². The maximum Gasteiger partial charge on any atom is 0.0459 e. The fourth-order valence-electron chi connectivity index (χ4n) is 2.30. The van der Waals surface area contributed by atoms with Crippen LogP contribution in [0.1, 0.15) is 39.0 Å². The summed E-state index contributed by atoms with van der Waals surface area (Å²) in [6.07, 6.45) is 6.24. The SMILES string of the molecule is CCCN(C)C1CCC(CO)CC1. The van der Waals surface area contributed by atoms with Crippen LogP contribution in [0.4, 0.5) is 0 Å². The molecule has 2 nitrogen and oxygen atoms in total. The molecule has 0 aromatic carbocycles. The number of aliphatic hydroxyl groups is 1. The molecule has 0 aliphatic heterocycles. The van der Waals surface area contributed by atoms with Gasteiger partial charge in [-0.05, 0) is 51.6 Å². The van der Waals surface area contributed by atoms with E-state index >= 15 is 0 Å². The summed E-state index contributed by atoms with van der Waals surface area (Å²) >= 11 is 0. The zero-order chi connectivity index (χ0) is 9.68. The molecule has 1 fully saturated rings. The highest BCUT2D eigenvalue weighted by molar-refractivity contribution is 4.77. The van der Waals surface area contributed by atoms with Crippen molar-refractivity contribution < 1.29 is 5.11 Å². The third-order valence-corrected chi connectivity index (χ3v) is 3.27. The van der Waals surface area contributed by atoms with Crippen molar-refractivity contribution >= 4 is 0 Å². The van der Waals surface area contributed by atoms with Gasteiger partial charge >= 0.3 is 0 Å². The summed E-state index contributed by atoms with van der Waals surface area (Å²) in [6.45, 7) is 3.84. The number of aliphatic hydroxyl groups excluding tert-OH is 1. The molecule has 1 aliphatic carbocycles. The molecule has 0 bridgehead atoms. The second kappa shape index (κ2) is 5.61. The van der Waals surface area contributed by atoms with Crippen LogP contribution in [-0.4, -0.2) is 36.2 Å². The Hall–Kier alpha value is -0.0800. The highest BCUT2D eigenvalue weighted by Crippen LogP contribution is 2.26. The lowest BCUT2D eigenvalue weighted by molar-refractivity contribution is 0.128. The van der Waals surface area contributed by atoms with Crippen molar-refractivity contribution in [2.24, 2.45) is 5.92 Å². The Morgan fingerprint density at radius 1 is 1.23 bits per heavy atom. The molecule has 78 valence electrons. The Morgan fingerprint density at radius 3 is 2.31 bits per heavy atom. The second-order valence-electron chi connectivity index (χ2n) is 4.34. The zero-order valence-electron chi connectivity index (χ0n) is 9.00. The molecule has 0 aromatic heterocycles. The third kappa shape index (κ3) is 3.28. The molecule has 2 heteroatoms. The molecule has 0 atom stereocenters. The van der Waals surface area contributed by atoms with E-state index < -0.39 is 0 Å². The maximum absolute atomic E-state index is 9.01. The number of hydrogen-bond acceptors (Lipinski definition) is 2. The summed E-state index contributed by atoms with van der Waals surface area (Å²) in [7, 11) is 2.23. The van der Waals surface area contributed by atoms with E-state index in [1.54, 1.807) is 0 Å². The van der Waals surface area contributed by atoms with Crippen LogP contribution in [0.5, 0.6) is 0 Å². The van der Waals surface area contributed by atoms with E-state index in [4.69, 9.17) is 5.11 Å². The van der Waals surface area contributed by atoms with Crippen LogP contribution in [0.3, 0.4) is 0 Å². The van der Waals surface area contributed by atoms with Gasteiger partial charge in [0.2, 0.25) is 0 Å². The molecule has 0 radical (unpaired) electrons. The zero-order valence-corrected chi connectivity index (χ0v) is 9.00. The topological polar surface area (TPSA) is 23.5 Å². The molecule has 1 aliphatic rings. The number of rotatable bonds is 4. The largest absolute Gasteiger partial charge is 0.396 e. The first kappa shape index (κ1) is 11.0. The molecule has 1 N–H and O–H groups in total. The van der Waals surface area contributed by atoms with Gasteiger partial charge in [-0.1, -0.05) is 6.92 Å². The first-order valence-electron chi connectivity index (χ1n) is 5.59. The van der Waals surface area contributed by atoms with E-state index in [1.807, 2.05) is 0 Å². The van der Waals surface area contributed by atoms with Gasteiger partial charge < -0.3 is 10.0 Å². The van der Waals surface area contributed by atoms with Crippen LogP contribution in [0.25, 0.3) is 0 Å². The molecule has 0 spiro atoms. The molecule has 0 amide bonds. The quantitative estimate of drug-likeness (QED) is 0.723. The van der Waals surface area contributed by atoms with E-state index in [-0.39, 0.29) is 0 Å². The summed E-state index contributed by atoms with van der Waals surface area (Å²) in [6, 6.07) is 0.780. The normalized spacial score (nSPS) is 29.5. The van der Waals surface area contributed by atoms with Crippen molar-refractivity contribution in [3.8, 4) is 0 Å². The predicted molar refractivity (Wildman–Crippen MR) is 55.8 cm³/mol. The van der Waals surface area contributed by atoms with Crippen molar-refractivity contribution in [1.82, 2.24) is 4.90 Å². The van der Waals surface area contributed by atoms with Crippen LogP contribution < -0.4 is 0 Å². The Labute approximate surface area is 81.9 Å².